The summed E-state index contributed by atoms with van der Waals surface area (Å²) in [5.74, 6) is 0.593. The Morgan fingerprint density at radius 1 is 1.47 bits per heavy atom. The van der Waals surface area contributed by atoms with Crippen LogP contribution in [0.4, 0.5) is 0 Å². The summed E-state index contributed by atoms with van der Waals surface area (Å²) in [6.07, 6.45) is 0. The largest absolute Gasteiger partial charge is 0.496 e. The Bertz CT molecular complexity index is 452. The Kier molecular flexibility index (Phi) is 4.91. The van der Waals surface area contributed by atoms with Crippen LogP contribution in [0, 0.1) is 5.41 Å². The van der Waals surface area contributed by atoms with Crippen LogP contribution < -0.4 is 10.5 Å². The highest BCUT2D eigenvalue weighted by Gasteiger charge is 2.16. The smallest absolute Gasteiger partial charge is 0.130 e. The van der Waals surface area contributed by atoms with Crippen LogP contribution in [-0.2, 0) is 6.54 Å². The third kappa shape index (κ3) is 4.89. The predicted octanol–water partition coefficient (Wildman–Crippen LogP) is 1.18. The molecule has 0 aliphatic rings. The van der Waals surface area contributed by atoms with Gasteiger partial charge in [-0.25, -0.2) is 0 Å². The van der Waals surface area contributed by atoms with Crippen molar-refractivity contribution in [2.45, 2.75) is 26.0 Å². The van der Waals surface area contributed by atoms with Gasteiger partial charge in [-0.1, -0.05) is 6.07 Å². The molecule has 1 aromatic carbocycles. The Balaban J connectivity index is 2.83. The van der Waals surface area contributed by atoms with Crippen molar-refractivity contribution in [3.8, 4) is 5.75 Å². The molecule has 0 unspecified atom stereocenters. The van der Waals surface area contributed by atoms with Crippen molar-refractivity contribution in [1.29, 1.82) is 5.41 Å². The van der Waals surface area contributed by atoms with E-state index in [0.717, 1.165) is 5.56 Å². The average molecular weight is 265 g/mol. The highest BCUT2D eigenvalue weighted by atomic mass is 16.5. The molecular formula is C14H23N3O2. The zero-order valence-corrected chi connectivity index (χ0v) is 12.0. The number of nitrogens with one attached hydrogen (secondary N) is 1. The molecule has 19 heavy (non-hydrogen) atoms. The lowest BCUT2D eigenvalue weighted by atomic mass is 10.1. The molecule has 106 valence electrons. The van der Waals surface area contributed by atoms with E-state index in [4.69, 9.17) is 15.9 Å². The summed E-state index contributed by atoms with van der Waals surface area (Å²) in [5, 5.41) is 17.2. The number of nitrogens with zero attached hydrogens (tertiary/aromatic N) is 1. The summed E-state index contributed by atoms with van der Waals surface area (Å²) < 4.78 is 5.24. The Morgan fingerprint density at radius 2 is 2.11 bits per heavy atom. The third-order valence-corrected chi connectivity index (χ3v) is 2.67. The minimum Gasteiger partial charge on any atom is -0.496 e. The molecule has 0 spiro atoms. The summed E-state index contributed by atoms with van der Waals surface area (Å²) in [6, 6.07) is 5.58. The van der Waals surface area contributed by atoms with E-state index in [9.17, 15) is 5.11 Å². The molecule has 0 aliphatic carbocycles. The second-order valence-corrected chi connectivity index (χ2v) is 5.43. The van der Waals surface area contributed by atoms with Crippen molar-refractivity contribution in [1.82, 2.24) is 4.90 Å². The van der Waals surface area contributed by atoms with Gasteiger partial charge in [0.2, 0.25) is 0 Å². The Labute approximate surface area is 114 Å². The van der Waals surface area contributed by atoms with Crippen molar-refractivity contribution in [2.24, 2.45) is 5.73 Å². The van der Waals surface area contributed by atoms with E-state index in [1.165, 1.54) is 0 Å². The minimum atomic E-state index is -0.724. The van der Waals surface area contributed by atoms with E-state index in [1.54, 1.807) is 27.0 Å². The first kappa shape index (κ1) is 15.5. The molecule has 1 rings (SSSR count). The van der Waals surface area contributed by atoms with Gasteiger partial charge in [0.05, 0.1) is 18.3 Å². The summed E-state index contributed by atoms with van der Waals surface area (Å²) >= 11 is 0. The number of ether oxygens (including phenoxy) is 1. The van der Waals surface area contributed by atoms with Crippen LogP contribution in [0.5, 0.6) is 5.75 Å². The number of benzene rings is 1. The summed E-state index contributed by atoms with van der Waals surface area (Å²) in [7, 11) is 3.51. The van der Waals surface area contributed by atoms with E-state index >= 15 is 0 Å². The molecular weight excluding hydrogens is 242 g/mol. The number of amidine groups is 1. The minimum absolute atomic E-state index is 0.00625. The molecule has 0 aromatic heterocycles. The molecule has 0 saturated carbocycles. The molecule has 0 heterocycles. The van der Waals surface area contributed by atoms with Crippen LogP contribution in [0.3, 0.4) is 0 Å². The van der Waals surface area contributed by atoms with Gasteiger partial charge in [0.25, 0.3) is 0 Å². The van der Waals surface area contributed by atoms with Gasteiger partial charge in [-0.3, -0.25) is 10.3 Å². The lowest BCUT2D eigenvalue weighted by Crippen LogP contribution is -2.35. The first-order valence-corrected chi connectivity index (χ1v) is 6.15. The second-order valence-electron chi connectivity index (χ2n) is 5.43. The van der Waals surface area contributed by atoms with Gasteiger partial charge in [0.1, 0.15) is 11.6 Å². The van der Waals surface area contributed by atoms with Gasteiger partial charge >= 0.3 is 0 Å². The number of methoxy groups -OCH3 is 1. The molecule has 0 bridgehead atoms. The van der Waals surface area contributed by atoms with Gasteiger partial charge in [-0.05, 0) is 38.6 Å². The molecule has 0 saturated heterocycles. The molecule has 0 atom stereocenters. The fourth-order valence-electron chi connectivity index (χ4n) is 2.08. The van der Waals surface area contributed by atoms with Crippen molar-refractivity contribution < 1.29 is 9.84 Å². The molecule has 0 fully saturated rings. The highest BCUT2D eigenvalue weighted by molar-refractivity contribution is 5.97. The maximum atomic E-state index is 9.77. The summed E-state index contributed by atoms with van der Waals surface area (Å²) in [5.41, 5.74) is 6.40. The number of aliphatic hydroxyl groups is 1. The van der Waals surface area contributed by atoms with Gasteiger partial charge < -0.3 is 15.6 Å². The van der Waals surface area contributed by atoms with Crippen LogP contribution in [0.15, 0.2) is 18.2 Å². The van der Waals surface area contributed by atoms with E-state index in [-0.39, 0.29) is 5.84 Å². The Hall–Kier alpha value is -1.59. The lowest BCUT2D eigenvalue weighted by molar-refractivity contribution is 0.0425. The summed E-state index contributed by atoms with van der Waals surface area (Å²) in [4.78, 5) is 2.03. The fourth-order valence-corrected chi connectivity index (χ4v) is 2.08. The number of rotatable bonds is 6. The van der Waals surface area contributed by atoms with Crippen molar-refractivity contribution in [3.63, 3.8) is 0 Å². The van der Waals surface area contributed by atoms with Crippen LogP contribution >= 0.6 is 0 Å². The first-order valence-electron chi connectivity index (χ1n) is 6.15. The number of likely N-dealkylation sites (N-methyl/N-ethyl adjacent to an activating group) is 1. The monoisotopic (exact) mass is 265 g/mol. The van der Waals surface area contributed by atoms with E-state index < -0.39 is 5.60 Å². The number of hydrogen-bond acceptors (Lipinski definition) is 4. The predicted molar refractivity (Wildman–Crippen MR) is 76.6 cm³/mol. The number of nitrogen functional groups attached to an aromatic ring is 1. The van der Waals surface area contributed by atoms with Gasteiger partial charge in [0, 0.05) is 13.1 Å². The molecule has 4 N–H and O–H groups in total. The zero-order valence-electron chi connectivity index (χ0n) is 12.0. The van der Waals surface area contributed by atoms with Crippen LogP contribution in [-0.4, -0.2) is 42.1 Å². The molecule has 5 nitrogen and oxygen atoms in total. The molecule has 0 amide bonds. The van der Waals surface area contributed by atoms with E-state index in [2.05, 4.69) is 0 Å². The zero-order chi connectivity index (χ0) is 14.6. The van der Waals surface area contributed by atoms with Crippen LogP contribution in [0.2, 0.25) is 0 Å². The second kappa shape index (κ2) is 6.04. The molecule has 0 aliphatic heterocycles. The standard InChI is InChI=1S/C14H23N3O2/c1-14(2,18)9-17(3)8-10-5-6-11(13(15)16)12(7-10)19-4/h5-7,18H,8-9H2,1-4H3,(H3,15,16). The van der Waals surface area contributed by atoms with Crippen molar-refractivity contribution in [3.05, 3.63) is 29.3 Å². The van der Waals surface area contributed by atoms with Gasteiger partial charge in [0.15, 0.2) is 0 Å². The Morgan fingerprint density at radius 3 is 2.58 bits per heavy atom. The quantitative estimate of drug-likeness (QED) is 0.533. The lowest BCUT2D eigenvalue weighted by Gasteiger charge is -2.25. The van der Waals surface area contributed by atoms with Crippen molar-refractivity contribution >= 4 is 5.84 Å². The highest BCUT2D eigenvalue weighted by Crippen LogP contribution is 2.20. The first-order chi connectivity index (χ1) is 8.73. The maximum absolute atomic E-state index is 9.77. The fraction of sp³-hybridized carbons (Fsp3) is 0.500. The van der Waals surface area contributed by atoms with Gasteiger partial charge in [-0.2, -0.15) is 0 Å². The van der Waals surface area contributed by atoms with Crippen molar-refractivity contribution in [2.75, 3.05) is 20.7 Å². The molecule has 5 heteroatoms. The number of hydrogen-bond donors (Lipinski definition) is 3. The normalized spacial score (nSPS) is 11.7. The number of nitrogens with two attached hydrogens (primary N) is 1. The topological polar surface area (TPSA) is 82.6 Å². The van der Waals surface area contributed by atoms with Gasteiger partial charge in [-0.15, -0.1) is 0 Å². The van der Waals surface area contributed by atoms with E-state index in [0.29, 0.717) is 24.4 Å². The maximum Gasteiger partial charge on any atom is 0.130 e. The van der Waals surface area contributed by atoms with Crippen LogP contribution in [0.1, 0.15) is 25.0 Å². The SMILES string of the molecule is COc1cc(CN(C)CC(C)(C)O)ccc1C(=N)N. The van der Waals surface area contributed by atoms with Crippen LogP contribution in [0.25, 0.3) is 0 Å². The summed E-state index contributed by atoms with van der Waals surface area (Å²) in [6.45, 7) is 4.83. The average Bonchev–Trinajstić information content (AvgIpc) is 2.25. The van der Waals surface area contributed by atoms with E-state index in [1.807, 2.05) is 24.1 Å². The molecule has 0 radical (unpaired) electrons. The molecule has 1 aromatic rings. The third-order valence-electron chi connectivity index (χ3n) is 2.67.